The molecule has 3 amide bonds. The fourth-order valence-corrected chi connectivity index (χ4v) is 4.00. The lowest BCUT2D eigenvalue weighted by molar-refractivity contribution is -0.501. The Morgan fingerprint density at radius 2 is 2.26 bits per heavy atom. The first-order chi connectivity index (χ1) is 13.0. The number of allylic oxidation sites excluding steroid dienone is 1. The summed E-state index contributed by atoms with van der Waals surface area (Å²) in [4.78, 5) is 38.5. The average Bonchev–Trinajstić information content (AvgIpc) is 3.05. The number of nitrogens with one attached hydrogen (secondary N) is 1. The van der Waals surface area contributed by atoms with Crippen molar-refractivity contribution in [3.05, 3.63) is 12.3 Å². The summed E-state index contributed by atoms with van der Waals surface area (Å²) >= 11 is 0. The fourth-order valence-electron chi connectivity index (χ4n) is 4.00. The number of carbonyl (C=O) groups is 3. The van der Waals surface area contributed by atoms with Crippen LogP contribution >= 0.6 is 0 Å². The lowest BCUT2D eigenvalue weighted by Gasteiger charge is -2.28. The van der Waals surface area contributed by atoms with Crippen LogP contribution in [-0.4, -0.2) is 63.4 Å². The van der Waals surface area contributed by atoms with Gasteiger partial charge in [-0.1, -0.05) is 24.4 Å². The van der Waals surface area contributed by atoms with E-state index in [1.165, 1.54) is 0 Å². The molecular formula is C19H29N4O4+. The number of hydrogen-bond acceptors (Lipinski definition) is 4. The lowest BCUT2D eigenvalue weighted by atomic mass is 9.99. The van der Waals surface area contributed by atoms with Gasteiger partial charge in [-0.3, -0.25) is 19.6 Å². The number of unbranched alkanes of at least 4 members (excludes halogenated alkanes) is 1. The van der Waals surface area contributed by atoms with Gasteiger partial charge in [-0.25, -0.2) is 5.06 Å². The minimum atomic E-state index is -0.505. The normalized spacial score (nSPS) is 23.3. The quantitative estimate of drug-likeness (QED) is 0.272. The van der Waals surface area contributed by atoms with Gasteiger partial charge in [0, 0.05) is 6.54 Å². The number of hydroxylamine groups is 2. The molecule has 1 saturated heterocycles. The van der Waals surface area contributed by atoms with E-state index in [1.54, 1.807) is 15.8 Å². The van der Waals surface area contributed by atoms with Gasteiger partial charge in [0.1, 0.15) is 6.04 Å². The number of hydrogen-bond donors (Lipinski definition) is 2. The molecule has 2 aliphatic heterocycles. The van der Waals surface area contributed by atoms with Gasteiger partial charge in [-0.2, -0.15) is 0 Å². The monoisotopic (exact) mass is 377 g/mol. The second-order valence-corrected chi connectivity index (χ2v) is 7.94. The van der Waals surface area contributed by atoms with Crippen molar-refractivity contribution in [2.45, 2.75) is 57.9 Å². The second-order valence-electron chi connectivity index (χ2n) is 7.94. The number of carbonyl (C=O) groups excluding carboxylic acids is 3. The van der Waals surface area contributed by atoms with Crippen LogP contribution in [0.1, 0.15) is 51.9 Å². The highest BCUT2D eigenvalue weighted by Crippen LogP contribution is 2.55. The second kappa shape index (κ2) is 8.21. The van der Waals surface area contributed by atoms with E-state index >= 15 is 0 Å². The van der Waals surface area contributed by atoms with Gasteiger partial charge in [0.25, 0.3) is 5.91 Å². The van der Waals surface area contributed by atoms with Crippen LogP contribution in [0.2, 0.25) is 0 Å². The molecule has 0 unspecified atom stereocenters. The maximum Gasteiger partial charge on any atom is 0.297 e. The minimum Gasteiger partial charge on any atom is -0.330 e. The van der Waals surface area contributed by atoms with E-state index in [1.807, 2.05) is 19.2 Å². The molecule has 1 saturated carbocycles. The Hall–Kier alpha value is -2.22. The summed E-state index contributed by atoms with van der Waals surface area (Å²) in [6.07, 6.45) is 11.8. The first kappa shape index (κ1) is 19.5. The summed E-state index contributed by atoms with van der Waals surface area (Å²) < 4.78 is 1.64. The number of hydrazone groups is 1. The van der Waals surface area contributed by atoms with E-state index < -0.39 is 12.0 Å². The van der Waals surface area contributed by atoms with Crippen LogP contribution < -0.4 is 5.43 Å². The maximum absolute atomic E-state index is 13.2. The van der Waals surface area contributed by atoms with Crippen molar-refractivity contribution < 1.29 is 24.3 Å². The first-order valence-electron chi connectivity index (χ1n) is 9.78. The molecule has 2 atom stereocenters. The molecule has 0 radical (unpaired) electrons. The van der Waals surface area contributed by atoms with Crippen molar-refractivity contribution >= 4 is 24.4 Å². The zero-order chi connectivity index (χ0) is 19.4. The Kier molecular flexibility index (Phi) is 5.94. The molecule has 3 rings (SSSR count). The summed E-state index contributed by atoms with van der Waals surface area (Å²) in [5.41, 5.74) is 2.92. The Morgan fingerprint density at radius 1 is 1.48 bits per heavy atom. The maximum atomic E-state index is 13.2. The highest BCUT2D eigenvalue weighted by molar-refractivity contribution is 5.89. The van der Waals surface area contributed by atoms with Crippen LogP contribution in [0.4, 0.5) is 0 Å². The van der Waals surface area contributed by atoms with E-state index in [0.29, 0.717) is 30.9 Å². The number of hydrazine groups is 1. The van der Waals surface area contributed by atoms with Crippen molar-refractivity contribution in [2.24, 2.45) is 11.3 Å². The van der Waals surface area contributed by atoms with Crippen LogP contribution in [-0.2, 0) is 14.4 Å². The van der Waals surface area contributed by atoms with Crippen LogP contribution in [0.5, 0.6) is 0 Å². The standard InChI is InChI=1S/C19H28N4O4/c1-2-3-6-15(12-22(27)14-24)18(26)23-13-19(7-8-19)11-16(23)17(25)20-21-9-4-5-10-21/h4,9-10,14-16,27H,2-3,5-8,11-13H2,1H3/p+1/t15-,16+/m1/s1. The number of nitrogens with zero attached hydrogens (tertiary/aromatic N) is 3. The molecular weight excluding hydrogens is 348 g/mol. The topological polar surface area (TPSA) is 93.0 Å². The zero-order valence-corrected chi connectivity index (χ0v) is 15.8. The summed E-state index contributed by atoms with van der Waals surface area (Å²) in [5, 5.41) is 10.1. The minimum absolute atomic E-state index is 0.0389. The van der Waals surface area contributed by atoms with Crippen LogP contribution in [0.3, 0.4) is 0 Å². The van der Waals surface area contributed by atoms with Crippen molar-refractivity contribution in [3.63, 3.8) is 0 Å². The molecule has 27 heavy (non-hydrogen) atoms. The summed E-state index contributed by atoms with van der Waals surface area (Å²) in [5.74, 6) is -0.822. The third-order valence-corrected chi connectivity index (χ3v) is 5.78. The molecule has 8 nitrogen and oxygen atoms in total. The lowest BCUT2D eigenvalue weighted by Crippen LogP contribution is -2.50. The molecule has 0 aromatic rings. The molecule has 2 N–H and O–H groups in total. The van der Waals surface area contributed by atoms with Gasteiger partial charge in [-0.05, 0) is 37.2 Å². The number of rotatable bonds is 9. The third kappa shape index (κ3) is 4.55. The van der Waals surface area contributed by atoms with E-state index in [4.69, 9.17) is 0 Å². The number of likely N-dealkylation sites (tertiary alicyclic amines) is 1. The van der Waals surface area contributed by atoms with Crippen LogP contribution in [0, 0.1) is 11.3 Å². The van der Waals surface area contributed by atoms with Gasteiger partial charge in [0.05, 0.1) is 18.9 Å². The van der Waals surface area contributed by atoms with Gasteiger partial charge >= 0.3 is 0 Å². The van der Waals surface area contributed by atoms with E-state index in [2.05, 4.69) is 5.43 Å². The smallest absolute Gasteiger partial charge is 0.297 e. The summed E-state index contributed by atoms with van der Waals surface area (Å²) in [6, 6.07) is -0.505. The van der Waals surface area contributed by atoms with E-state index in [9.17, 15) is 19.6 Å². The molecule has 1 spiro atoms. The zero-order valence-electron chi connectivity index (χ0n) is 15.8. The highest BCUT2D eigenvalue weighted by Gasteiger charge is 2.56. The molecule has 2 fully saturated rings. The van der Waals surface area contributed by atoms with Crippen molar-refractivity contribution in [3.8, 4) is 0 Å². The van der Waals surface area contributed by atoms with E-state index in [-0.39, 0.29) is 23.8 Å². The third-order valence-electron chi connectivity index (χ3n) is 5.78. The van der Waals surface area contributed by atoms with E-state index in [0.717, 1.165) is 32.1 Å². The summed E-state index contributed by atoms with van der Waals surface area (Å²) in [6.45, 7) is 2.57. The SMILES string of the molecule is CCCC[C@H](CN(O)C=O)C(=O)N1CC2(CC2)C[C@H]1C(=O)N[N+]1=CCC=C1. The Morgan fingerprint density at radius 3 is 2.85 bits per heavy atom. The van der Waals surface area contributed by atoms with Crippen molar-refractivity contribution in [1.29, 1.82) is 0 Å². The van der Waals surface area contributed by atoms with Crippen LogP contribution in [0.25, 0.3) is 0 Å². The Bertz CT molecular complexity index is 656. The molecule has 2 heterocycles. The Labute approximate surface area is 159 Å². The fraction of sp³-hybridized carbons (Fsp3) is 0.684. The number of amides is 3. The predicted molar refractivity (Wildman–Crippen MR) is 97.6 cm³/mol. The van der Waals surface area contributed by atoms with Crippen molar-refractivity contribution in [2.75, 3.05) is 13.1 Å². The van der Waals surface area contributed by atoms with Crippen LogP contribution in [0.15, 0.2) is 12.3 Å². The van der Waals surface area contributed by atoms with Gasteiger partial charge in [0.2, 0.25) is 12.3 Å². The largest absolute Gasteiger partial charge is 0.330 e. The van der Waals surface area contributed by atoms with Crippen molar-refractivity contribution in [1.82, 2.24) is 15.4 Å². The highest BCUT2D eigenvalue weighted by atomic mass is 16.5. The molecule has 8 heteroatoms. The Balaban J connectivity index is 1.73. The van der Waals surface area contributed by atoms with Gasteiger partial charge < -0.3 is 4.90 Å². The molecule has 0 bridgehead atoms. The molecule has 0 aromatic carbocycles. The molecule has 0 aromatic heterocycles. The molecule has 148 valence electrons. The summed E-state index contributed by atoms with van der Waals surface area (Å²) in [7, 11) is 0. The predicted octanol–water partition coefficient (Wildman–Crippen LogP) is 1.05. The average molecular weight is 377 g/mol. The van der Waals surface area contributed by atoms with Gasteiger partial charge in [0.15, 0.2) is 12.4 Å². The first-order valence-corrected chi connectivity index (χ1v) is 9.78. The molecule has 1 aliphatic carbocycles. The molecule has 3 aliphatic rings. The van der Waals surface area contributed by atoms with Gasteiger partial charge in [-0.15, -0.1) is 5.43 Å².